The molecule has 0 bridgehead atoms. The Morgan fingerprint density at radius 2 is 2.08 bits per heavy atom. The van der Waals surface area contributed by atoms with Crippen LogP contribution in [0.4, 0.5) is 0 Å². The average molecular weight is 331 g/mol. The number of nitrogens with one attached hydrogen (secondary N) is 1. The second-order valence-electron chi connectivity index (χ2n) is 6.58. The number of phenols is 1. The maximum atomic E-state index is 12.2. The number of benzene rings is 1. The van der Waals surface area contributed by atoms with E-state index in [2.05, 4.69) is 24.4 Å². The highest BCUT2D eigenvalue weighted by Crippen LogP contribution is 2.27. The molecule has 2 N–H and O–H groups in total. The number of unbranched alkanes of at least 4 members (excludes halogenated alkanes) is 1. The van der Waals surface area contributed by atoms with Gasteiger partial charge in [-0.1, -0.05) is 31.6 Å². The second-order valence-corrected chi connectivity index (χ2v) is 6.58. The van der Waals surface area contributed by atoms with E-state index >= 15 is 0 Å². The number of carbonyl (C=O) groups excluding carboxylic acids is 1. The van der Waals surface area contributed by atoms with Gasteiger partial charge in [-0.05, 0) is 55.7 Å². The molecular weight excluding hydrogens is 302 g/mol. The minimum atomic E-state index is 0.0349. The minimum absolute atomic E-state index is 0.0349. The molecule has 1 aromatic carbocycles. The van der Waals surface area contributed by atoms with E-state index < -0.39 is 0 Å². The van der Waals surface area contributed by atoms with E-state index in [4.69, 9.17) is 4.74 Å². The van der Waals surface area contributed by atoms with Crippen LogP contribution in [0.3, 0.4) is 0 Å². The number of phenolic OH excluding ortho intramolecular Hbond substituents is 1. The second kappa shape index (κ2) is 9.36. The molecule has 4 heteroatoms. The van der Waals surface area contributed by atoms with Crippen LogP contribution in [0.5, 0.6) is 11.5 Å². The van der Waals surface area contributed by atoms with E-state index in [0.717, 1.165) is 37.7 Å². The van der Waals surface area contributed by atoms with Gasteiger partial charge in [-0.25, -0.2) is 0 Å². The molecule has 1 aliphatic carbocycles. The highest BCUT2D eigenvalue weighted by atomic mass is 16.5. The van der Waals surface area contributed by atoms with Crippen LogP contribution >= 0.6 is 0 Å². The third kappa shape index (κ3) is 5.59. The molecule has 132 valence electrons. The van der Waals surface area contributed by atoms with Gasteiger partial charge in [-0.15, -0.1) is 0 Å². The number of hydrogen-bond donors (Lipinski definition) is 2. The topological polar surface area (TPSA) is 58.6 Å². The fourth-order valence-electron chi connectivity index (χ4n) is 3.21. The van der Waals surface area contributed by atoms with Crippen molar-refractivity contribution in [3.8, 4) is 11.5 Å². The molecule has 0 saturated heterocycles. The molecule has 1 amide bonds. The molecule has 2 rings (SSSR count). The Kier molecular flexibility index (Phi) is 7.16. The molecule has 0 atom stereocenters. The summed E-state index contributed by atoms with van der Waals surface area (Å²) in [6.45, 7) is 2.19. The first kappa shape index (κ1) is 18.4. The number of aromatic hydroxyl groups is 1. The van der Waals surface area contributed by atoms with Crippen LogP contribution in [0.2, 0.25) is 0 Å². The summed E-state index contributed by atoms with van der Waals surface area (Å²) in [5.74, 6) is 1.20. The first-order chi connectivity index (χ1) is 11.6. The van der Waals surface area contributed by atoms with Gasteiger partial charge >= 0.3 is 0 Å². The van der Waals surface area contributed by atoms with Crippen LogP contribution in [0.1, 0.15) is 51.0 Å². The Balaban J connectivity index is 1.77. The van der Waals surface area contributed by atoms with E-state index in [-0.39, 0.29) is 17.7 Å². The lowest BCUT2D eigenvalue weighted by atomic mass is 9.85. The van der Waals surface area contributed by atoms with Crippen LogP contribution in [-0.4, -0.2) is 24.2 Å². The molecule has 0 radical (unpaired) electrons. The predicted molar refractivity (Wildman–Crippen MR) is 96.3 cm³/mol. The highest BCUT2D eigenvalue weighted by Gasteiger charge is 2.21. The average Bonchev–Trinajstić information content (AvgIpc) is 2.58. The molecule has 0 heterocycles. The number of carbonyl (C=O) groups is 1. The number of methoxy groups -OCH3 is 1. The van der Waals surface area contributed by atoms with Crippen molar-refractivity contribution in [2.24, 2.45) is 5.92 Å². The number of allylic oxidation sites excluding steroid dienone is 2. The fourth-order valence-corrected chi connectivity index (χ4v) is 3.21. The van der Waals surface area contributed by atoms with Crippen molar-refractivity contribution in [3.63, 3.8) is 0 Å². The van der Waals surface area contributed by atoms with Gasteiger partial charge < -0.3 is 15.2 Å². The quantitative estimate of drug-likeness (QED) is 0.743. The largest absolute Gasteiger partial charge is 0.504 e. The van der Waals surface area contributed by atoms with Gasteiger partial charge in [0.05, 0.1) is 13.5 Å². The summed E-state index contributed by atoms with van der Waals surface area (Å²) in [6, 6.07) is 5.32. The predicted octanol–water partition coefficient (Wildman–Crippen LogP) is 3.97. The smallest absolute Gasteiger partial charge is 0.224 e. The molecule has 0 aromatic heterocycles. The zero-order chi connectivity index (χ0) is 17.4. The van der Waals surface area contributed by atoms with Gasteiger partial charge in [0.25, 0.3) is 0 Å². The van der Waals surface area contributed by atoms with Crippen molar-refractivity contribution in [1.82, 2.24) is 5.32 Å². The van der Waals surface area contributed by atoms with Crippen molar-refractivity contribution in [3.05, 3.63) is 35.9 Å². The van der Waals surface area contributed by atoms with Crippen LogP contribution in [0.15, 0.2) is 30.4 Å². The molecule has 4 nitrogen and oxygen atoms in total. The molecule has 0 aliphatic heterocycles. The van der Waals surface area contributed by atoms with Gasteiger partial charge in [0, 0.05) is 6.04 Å². The fraction of sp³-hybridized carbons (Fsp3) is 0.550. The van der Waals surface area contributed by atoms with Crippen molar-refractivity contribution >= 4 is 5.91 Å². The molecule has 24 heavy (non-hydrogen) atoms. The van der Waals surface area contributed by atoms with Crippen LogP contribution in [-0.2, 0) is 11.2 Å². The normalized spacial score (nSPS) is 20.9. The Hall–Kier alpha value is -1.97. The lowest BCUT2D eigenvalue weighted by Gasteiger charge is -2.27. The first-order valence-corrected chi connectivity index (χ1v) is 8.94. The van der Waals surface area contributed by atoms with Gasteiger partial charge in [-0.2, -0.15) is 0 Å². The van der Waals surface area contributed by atoms with E-state index in [1.165, 1.54) is 13.5 Å². The Morgan fingerprint density at radius 3 is 2.75 bits per heavy atom. The first-order valence-electron chi connectivity index (χ1n) is 8.94. The summed E-state index contributed by atoms with van der Waals surface area (Å²) in [5.41, 5.74) is 0.846. The summed E-state index contributed by atoms with van der Waals surface area (Å²) in [6.07, 6.45) is 11.7. The summed E-state index contributed by atoms with van der Waals surface area (Å²) in [7, 11) is 1.51. The SMILES string of the molecule is CCC/C=C/C1CCC(NC(=O)Cc2ccc(O)c(OC)c2)CC1. The Bertz CT molecular complexity index is 560. The molecule has 1 saturated carbocycles. The number of ether oxygens (including phenoxy) is 1. The molecule has 1 aliphatic rings. The van der Waals surface area contributed by atoms with Crippen molar-refractivity contribution in [2.75, 3.05) is 7.11 Å². The lowest BCUT2D eigenvalue weighted by molar-refractivity contribution is -0.121. The summed E-state index contributed by atoms with van der Waals surface area (Å²) < 4.78 is 5.08. The van der Waals surface area contributed by atoms with Gasteiger partial charge in [0.1, 0.15) is 0 Å². The van der Waals surface area contributed by atoms with E-state index in [0.29, 0.717) is 18.1 Å². The summed E-state index contributed by atoms with van der Waals surface area (Å²) in [4.78, 5) is 12.2. The Labute approximate surface area is 144 Å². The Morgan fingerprint density at radius 1 is 1.33 bits per heavy atom. The molecule has 1 fully saturated rings. The zero-order valence-electron chi connectivity index (χ0n) is 14.8. The summed E-state index contributed by atoms with van der Waals surface area (Å²) in [5, 5.41) is 12.7. The van der Waals surface area contributed by atoms with Crippen LogP contribution in [0.25, 0.3) is 0 Å². The maximum absolute atomic E-state index is 12.2. The maximum Gasteiger partial charge on any atom is 0.224 e. The van der Waals surface area contributed by atoms with Gasteiger partial charge in [0.15, 0.2) is 11.5 Å². The van der Waals surface area contributed by atoms with E-state index in [9.17, 15) is 9.90 Å². The standard InChI is InChI=1S/C20H29NO3/c1-3-4-5-6-15-7-10-17(11-8-15)21-20(23)14-16-9-12-18(22)19(13-16)24-2/h5-6,9,12-13,15,17,22H,3-4,7-8,10-11,14H2,1-2H3,(H,21,23)/b6-5+. The van der Waals surface area contributed by atoms with Gasteiger partial charge in [-0.3, -0.25) is 4.79 Å². The van der Waals surface area contributed by atoms with E-state index in [1.54, 1.807) is 18.2 Å². The minimum Gasteiger partial charge on any atom is -0.504 e. The highest BCUT2D eigenvalue weighted by molar-refractivity contribution is 5.79. The third-order valence-electron chi connectivity index (χ3n) is 4.61. The summed E-state index contributed by atoms with van der Waals surface area (Å²) >= 11 is 0. The third-order valence-corrected chi connectivity index (χ3v) is 4.61. The monoisotopic (exact) mass is 331 g/mol. The van der Waals surface area contributed by atoms with Crippen LogP contribution in [0, 0.1) is 5.92 Å². The number of hydrogen-bond acceptors (Lipinski definition) is 3. The lowest BCUT2D eigenvalue weighted by Crippen LogP contribution is -2.38. The molecule has 1 aromatic rings. The van der Waals surface area contributed by atoms with E-state index in [1.807, 2.05) is 0 Å². The molecule has 0 spiro atoms. The number of rotatable bonds is 7. The van der Waals surface area contributed by atoms with Crippen molar-refractivity contribution in [1.29, 1.82) is 0 Å². The zero-order valence-corrected chi connectivity index (χ0v) is 14.8. The van der Waals surface area contributed by atoms with Crippen molar-refractivity contribution in [2.45, 2.75) is 57.9 Å². The van der Waals surface area contributed by atoms with Crippen molar-refractivity contribution < 1.29 is 14.6 Å². The number of amides is 1. The van der Waals surface area contributed by atoms with Gasteiger partial charge in [0.2, 0.25) is 5.91 Å². The molecular formula is C20H29NO3. The molecule has 0 unspecified atom stereocenters. The van der Waals surface area contributed by atoms with Crippen LogP contribution < -0.4 is 10.1 Å².